The maximum atomic E-state index is 12.0. The van der Waals surface area contributed by atoms with E-state index in [0.29, 0.717) is 5.69 Å². The summed E-state index contributed by atoms with van der Waals surface area (Å²) < 4.78 is 1.63. The SMILES string of the molecule is O=C(O)Cn1c2c(c3ccccc31)CCSC2=O. The van der Waals surface area contributed by atoms with Crippen LogP contribution in [-0.2, 0) is 17.8 Å². The normalized spacial score (nSPS) is 14.8. The first-order chi connectivity index (χ1) is 8.68. The Morgan fingerprint density at radius 1 is 1.39 bits per heavy atom. The number of rotatable bonds is 2. The van der Waals surface area contributed by atoms with Gasteiger partial charge in [0, 0.05) is 16.7 Å². The molecule has 2 aromatic rings. The fraction of sp³-hybridized carbons (Fsp3) is 0.231. The fourth-order valence-corrected chi connectivity index (χ4v) is 3.34. The minimum absolute atomic E-state index is 0.0197. The topological polar surface area (TPSA) is 59.3 Å². The summed E-state index contributed by atoms with van der Waals surface area (Å²) in [6.07, 6.45) is 0.818. The molecular weight excluding hydrogens is 250 g/mol. The molecule has 5 heteroatoms. The maximum Gasteiger partial charge on any atom is 0.323 e. The number of aliphatic carboxylic acids is 1. The summed E-state index contributed by atoms with van der Waals surface area (Å²) >= 11 is 1.26. The third kappa shape index (κ3) is 1.62. The molecule has 1 aromatic heterocycles. The van der Waals surface area contributed by atoms with Gasteiger partial charge in [-0.25, -0.2) is 0 Å². The highest BCUT2D eigenvalue weighted by molar-refractivity contribution is 8.14. The lowest BCUT2D eigenvalue weighted by Crippen LogP contribution is -2.17. The van der Waals surface area contributed by atoms with Gasteiger partial charge in [0.2, 0.25) is 5.12 Å². The van der Waals surface area contributed by atoms with Crippen LogP contribution in [0.15, 0.2) is 24.3 Å². The monoisotopic (exact) mass is 261 g/mol. The lowest BCUT2D eigenvalue weighted by Gasteiger charge is -2.12. The molecule has 0 spiro atoms. The molecule has 1 aliphatic rings. The average molecular weight is 261 g/mol. The number of carbonyl (C=O) groups is 2. The van der Waals surface area contributed by atoms with E-state index < -0.39 is 5.97 Å². The van der Waals surface area contributed by atoms with Crippen molar-refractivity contribution in [2.75, 3.05) is 5.75 Å². The molecule has 0 fully saturated rings. The van der Waals surface area contributed by atoms with Gasteiger partial charge < -0.3 is 9.67 Å². The van der Waals surface area contributed by atoms with E-state index >= 15 is 0 Å². The highest BCUT2D eigenvalue weighted by Gasteiger charge is 2.26. The van der Waals surface area contributed by atoms with Crippen molar-refractivity contribution in [2.24, 2.45) is 0 Å². The zero-order valence-corrected chi connectivity index (χ0v) is 10.4. The van der Waals surface area contributed by atoms with Crippen LogP contribution in [0, 0.1) is 0 Å². The van der Waals surface area contributed by atoms with Gasteiger partial charge in [0.15, 0.2) is 0 Å². The van der Waals surface area contributed by atoms with Crippen LogP contribution in [0.25, 0.3) is 10.9 Å². The second kappa shape index (κ2) is 4.17. The Hall–Kier alpha value is -1.75. The molecule has 0 saturated carbocycles. The fourth-order valence-electron chi connectivity index (χ4n) is 2.48. The third-order valence-electron chi connectivity index (χ3n) is 3.15. The van der Waals surface area contributed by atoms with Gasteiger partial charge in [0.25, 0.3) is 0 Å². The first-order valence-corrected chi connectivity index (χ1v) is 6.66. The van der Waals surface area contributed by atoms with Crippen molar-refractivity contribution in [3.05, 3.63) is 35.5 Å². The Bertz CT molecular complexity index is 660. The number of hydrogen-bond donors (Lipinski definition) is 1. The predicted octanol–water partition coefficient (Wildman–Crippen LogP) is 2.16. The minimum Gasteiger partial charge on any atom is -0.480 e. The van der Waals surface area contributed by atoms with Crippen molar-refractivity contribution >= 4 is 33.7 Å². The van der Waals surface area contributed by atoms with Crippen molar-refractivity contribution in [1.29, 1.82) is 0 Å². The van der Waals surface area contributed by atoms with Crippen LogP contribution in [0.1, 0.15) is 16.1 Å². The van der Waals surface area contributed by atoms with Crippen molar-refractivity contribution < 1.29 is 14.7 Å². The average Bonchev–Trinajstić information content (AvgIpc) is 2.66. The lowest BCUT2D eigenvalue weighted by atomic mass is 10.1. The number of aromatic nitrogens is 1. The van der Waals surface area contributed by atoms with E-state index in [1.54, 1.807) is 4.57 Å². The number of fused-ring (bicyclic) bond motifs is 3. The largest absolute Gasteiger partial charge is 0.480 e. The lowest BCUT2D eigenvalue weighted by molar-refractivity contribution is -0.137. The second-order valence-corrected chi connectivity index (χ2v) is 5.28. The van der Waals surface area contributed by atoms with Crippen LogP contribution < -0.4 is 0 Å². The van der Waals surface area contributed by atoms with E-state index in [9.17, 15) is 9.59 Å². The summed E-state index contributed by atoms with van der Waals surface area (Å²) in [7, 11) is 0. The van der Waals surface area contributed by atoms with Crippen LogP contribution in [0.2, 0.25) is 0 Å². The molecule has 0 aliphatic carbocycles. The molecule has 1 N–H and O–H groups in total. The molecule has 0 atom stereocenters. The van der Waals surface area contributed by atoms with Crippen LogP contribution in [0.3, 0.4) is 0 Å². The van der Waals surface area contributed by atoms with Crippen molar-refractivity contribution in [3.63, 3.8) is 0 Å². The molecule has 1 aromatic carbocycles. The number of carboxylic acid groups (broad SMARTS) is 1. The zero-order chi connectivity index (χ0) is 12.7. The Kier molecular flexibility index (Phi) is 2.63. The first-order valence-electron chi connectivity index (χ1n) is 5.67. The number of carboxylic acids is 1. The number of nitrogens with zero attached hydrogens (tertiary/aromatic N) is 1. The summed E-state index contributed by atoms with van der Waals surface area (Å²) in [6.45, 7) is -0.165. The smallest absolute Gasteiger partial charge is 0.323 e. The number of aryl methyl sites for hydroxylation is 1. The van der Waals surface area contributed by atoms with Crippen LogP contribution in [-0.4, -0.2) is 26.5 Å². The molecule has 92 valence electrons. The van der Waals surface area contributed by atoms with Crippen molar-refractivity contribution in [2.45, 2.75) is 13.0 Å². The number of carbonyl (C=O) groups excluding carboxylic acids is 1. The number of thioether (sulfide) groups is 1. The van der Waals surface area contributed by atoms with Crippen LogP contribution in [0.5, 0.6) is 0 Å². The van der Waals surface area contributed by atoms with Crippen LogP contribution in [0.4, 0.5) is 0 Å². The number of para-hydroxylation sites is 1. The molecule has 1 aliphatic heterocycles. The second-order valence-electron chi connectivity index (χ2n) is 4.21. The molecule has 18 heavy (non-hydrogen) atoms. The molecule has 0 radical (unpaired) electrons. The molecule has 0 bridgehead atoms. The quantitative estimate of drug-likeness (QED) is 0.900. The summed E-state index contributed by atoms with van der Waals surface area (Å²) in [4.78, 5) is 23.0. The van der Waals surface area contributed by atoms with Gasteiger partial charge >= 0.3 is 5.97 Å². The number of hydrogen-bond acceptors (Lipinski definition) is 3. The zero-order valence-electron chi connectivity index (χ0n) is 9.55. The molecule has 0 unspecified atom stereocenters. The molecule has 2 heterocycles. The summed E-state index contributed by atoms with van der Waals surface area (Å²) in [5, 5.41) is 9.98. The maximum absolute atomic E-state index is 12.0. The highest BCUT2D eigenvalue weighted by Crippen LogP contribution is 2.33. The minimum atomic E-state index is -0.929. The van der Waals surface area contributed by atoms with E-state index in [1.807, 2.05) is 24.3 Å². The van der Waals surface area contributed by atoms with Gasteiger partial charge in [0.05, 0.1) is 0 Å². The molecule has 0 saturated heterocycles. The Labute approximate surface area is 108 Å². The van der Waals surface area contributed by atoms with E-state index in [2.05, 4.69) is 0 Å². The van der Waals surface area contributed by atoms with Gasteiger partial charge in [-0.1, -0.05) is 30.0 Å². The van der Waals surface area contributed by atoms with Crippen molar-refractivity contribution in [3.8, 4) is 0 Å². The molecule has 4 nitrogen and oxygen atoms in total. The number of benzene rings is 1. The van der Waals surface area contributed by atoms with Gasteiger partial charge in [-0.15, -0.1) is 0 Å². The summed E-state index contributed by atoms with van der Waals surface area (Å²) in [5.74, 6) is -0.158. The van der Waals surface area contributed by atoms with Crippen LogP contribution >= 0.6 is 11.8 Å². The Balaban J connectivity index is 2.34. The van der Waals surface area contributed by atoms with E-state index in [0.717, 1.165) is 28.6 Å². The molecular formula is C13H11NO3S. The summed E-state index contributed by atoms with van der Waals surface area (Å²) in [6, 6.07) is 7.61. The van der Waals surface area contributed by atoms with Gasteiger partial charge in [-0.3, -0.25) is 9.59 Å². The van der Waals surface area contributed by atoms with E-state index in [1.165, 1.54) is 11.8 Å². The van der Waals surface area contributed by atoms with Crippen molar-refractivity contribution in [1.82, 2.24) is 4.57 Å². The van der Waals surface area contributed by atoms with Gasteiger partial charge in [-0.2, -0.15) is 0 Å². The van der Waals surface area contributed by atoms with E-state index in [4.69, 9.17) is 5.11 Å². The molecule has 0 amide bonds. The molecule has 3 rings (SSSR count). The highest BCUT2D eigenvalue weighted by atomic mass is 32.2. The third-order valence-corrected chi connectivity index (χ3v) is 4.01. The Morgan fingerprint density at radius 3 is 2.94 bits per heavy atom. The van der Waals surface area contributed by atoms with Gasteiger partial charge in [0.1, 0.15) is 12.2 Å². The first kappa shape index (κ1) is 11.3. The summed E-state index contributed by atoms with van der Waals surface area (Å²) in [5.41, 5.74) is 2.39. The Morgan fingerprint density at radius 2 is 2.17 bits per heavy atom. The van der Waals surface area contributed by atoms with Gasteiger partial charge in [-0.05, 0) is 18.1 Å². The predicted molar refractivity (Wildman–Crippen MR) is 70.1 cm³/mol. The van der Waals surface area contributed by atoms with E-state index in [-0.39, 0.29) is 11.7 Å². The standard InChI is InChI=1S/C13H11NO3S/c15-11(16)7-14-10-4-2-1-3-8(10)9-5-6-18-13(17)12(9)14/h1-4H,5-7H2,(H,15,16).